The van der Waals surface area contributed by atoms with Gasteiger partial charge in [0.1, 0.15) is 6.33 Å². The molecular formula is C26H35FN8O2. The van der Waals surface area contributed by atoms with E-state index in [0.29, 0.717) is 39.1 Å². The molecule has 1 saturated heterocycles. The number of primary amides is 1. The Morgan fingerprint density at radius 3 is 2.68 bits per heavy atom. The zero-order valence-electron chi connectivity index (χ0n) is 21.6. The molecule has 0 unspecified atom stereocenters. The third-order valence-corrected chi connectivity index (χ3v) is 6.93. The number of carbonyl (C=O) groups excluding carboxylic acids is 1. The van der Waals surface area contributed by atoms with Crippen molar-refractivity contribution in [1.82, 2.24) is 24.6 Å². The summed E-state index contributed by atoms with van der Waals surface area (Å²) in [5.41, 5.74) is 7.37. The van der Waals surface area contributed by atoms with Crippen LogP contribution in [-0.2, 0) is 18.4 Å². The molecule has 1 fully saturated rings. The number of hydrogen-bond donors (Lipinski definition) is 3. The average molecular weight is 511 g/mol. The number of nitrogens with one attached hydrogen (secondary N) is 1. The number of amides is 1. The van der Waals surface area contributed by atoms with Crippen molar-refractivity contribution in [1.29, 1.82) is 0 Å². The van der Waals surface area contributed by atoms with Crippen LogP contribution in [0.1, 0.15) is 25.8 Å². The second-order valence-corrected chi connectivity index (χ2v) is 9.87. The fourth-order valence-electron chi connectivity index (χ4n) is 4.84. The molecule has 198 valence electrons. The van der Waals surface area contributed by atoms with Gasteiger partial charge in [0.25, 0.3) is 0 Å². The Bertz CT molecular complexity index is 1210. The molecular weight excluding hydrogens is 475 g/mol. The molecule has 0 saturated carbocycles. The molecule has 0 aliphatic carbocycles. The molecule has 0 spiro atoms. The van der Waals surface area contributed by atoms with Gasteiger partial charge in [0.15, 0.2) is 11.6 Å². The molecule has 1 aliphatic heterocycles. The Hall–Kier alpha value is -3.57. The largest absolute Gasteiger partial charge is 0.388 e. The van der Waals surface area contributed by atoms with Gasteiger partial charge in [0.05, 0.1) is 18.3 Å². The number of rotatable bonds is 10. The van der Waals surface area contributed by atoms with Crippen molar-refractivity contribution in [2.24, 2.45) is 18.7 Å². The normalized spacial score (nSPS) is 20.1. The number of halogens is 1. The van der Waals surface area contributed by atoms with Gasteiger partial charge in [-0.1, -0.05) is 24.3 Å². The Morgan fingerprint density at radius 2 is 2.05 bits per heavy atom. The number of likely N-dealkylation sites (tertiary alicyclic amines) is 1. The number of β-amino-alcohol motifs (C(OH)–C–C–N with tert-alkyl or cyclic N) is 1. The van der Waals surface area contributed by atoms with E-state index in [2.05, 4.69) is 20.4 Å². The van der Waals surface area contributed by atoms with Crippen LogP contribution in [0.2, 0.25) is 0 Å². The molecule has 37 heavy (non-hydrogen) atoms. The van der Waals surface area contributed by atoms with Crippen molar-refractivity contribution in [3.8, 4) is 11.1 Å². The van der Waals surface area contributed by atoms with E-state index in [9.17, 15) is 9.90 Å². The maximum Gasteiger partial charge on any atom is 0.231 e. The number of carbonyl (C=O) groups is 1. The highest BCUT2D eigenvalue weighted by Crippen LogP contribution is 2.29. The van der Waals surface area contributed by atoms with Crippen molar-refractivity contribution in [3.05, 3.63) is 54.4 Å². The van der Waals surface area contributed by atoms with E-state index in [1.54, 1.807) is 11.6 Å². The molecule has 1 amide bonds. The van der Waals surface area contributed by atoms with Gasteiger partial charge in [-0.3, -0.25) is 14.4 Å². The van der Waals surface area contributed by atoms with E-state index < -0.39 is 17.3 Å². The van der Waals surface area contributed by atoms with E-state index in [4.69, 9.17) is 5.73 Å². The van der Waals surface area contributed by atoms with Crippen LogP contribution in [0, 0.1) is 11.7 Å². The lowest BCUT2D eigenvalue weighted by Crippen LogP contribution is -2.55. The zero-order chi connectivity index (χ0) is 26.6. The lowest BCUT2D eigenvalue weighted by molar-refractivity contribution is -0.121. The van der Waals surface area contributed by atoms with Crippen molar-refractivity contribution in [2.45, 2.75) is 32.4 Å². The summed E-state index contributed by atoms with van der Waals surface area (Å²) in [5.74, 6) is -0.768. The highest BCUT2D eigenvalue weighted by molar-refractivity contribution is 5.75. The van der Waals surface area contributed by atoms with Gasteiger partial charge < -0.3 is 21.1 Å². The van der Waals surface area contributed by atoms with Crippen LogP contribution >= 0.6 is 0 Å². The summed E-state index contributed by atoms with van der Waals surface area (Å²) >= 11 is 0. The maximum atomic E-state index is 15.5. The van der Waals surface area contributed by atoms with Gasteiger partial charge in [-0.2, -0.15) is 9.49 Å². The molecule has 3 heterocycles. The van der Waals surface area contributed by atoms with Crippen molar-refractivity contribution in [3.63, 3.8) is 0 Å². The fraction of sp³-hybridized carbons (Fsp3) is 0.462. The molecule has 10 nitrogen and oxygen atoms in total. The highest BCUT2D eigenvalue weighted by atomic mass is 19.1. The van der Waals surface area contributed by atoms with Crippen LogP contribution in [0.3, 0.4) is 0 Å². The van der Waals surface area contributed by atoms with Crippen LogP contribution in [0.15, 0.2) is 43.0 Å². The van der Waals surface area contributed by atoms with Gasteiger partial charge in [-0.05, 0) is 37.9 Å². The first-order valence-corrected chi connectivity index (χ1v) is 12.5. The number of nitrogens with zero attached hydrogens (tertiary/aromatic N) is 6. The summed E-state index contributed by atoms with van der Waals surface area (Å²) < 4.78 is 17.3. The third kappa shape index (κ3) is 6.41. The number of nitrogens with two attached hydrogens (primary N) is 1. The van der Waals surface area contributed by atoms with E-state index in [1.807, 2.05) is 60.4 Å². The predicted molar refractivity (Wildman–Crippen MR) is 140 cm³/mol. The minimum absolute atomic E-state index is 0.103. The first kappa shape index (κ1) is 26.5. The number of benzene rings is 1. The molecule has 3 aromatic rings. The molecule has 4 rings (SSSR count). The minimum Gasteiger partial charge on any atom is -0.388 e. The predicted octanol–water partition coefficient (Wildman–Crippen LogP) is 2.01. The number of aliphatic hydroxyl groups is 1. The monoisotopic (exact) mass is 510 g/mol. The number of anilines is 2. The average Bonchev–Trinajstić information content (AvgIpc) is 3.29. The van der Waals surface area contributed by atoms with Crippen molar-refractivity contribution < 1.29 is 14.3 Å². The number of aromatic nitrogens is 4. The summed E-state index contributed by atoms with van der Waals surface area (Å²) in [6.45, 7) is 6.14. The topological polar surface area (TPSA) is 125 Å². The van der Waals surface area contributed by atoms with Crippen molar-refractivity contribution >= 4 is 17.5 Å². The maximum absolute atomic E-state index is 15.5. The van der Waals surface area contributed by atoms with Gasteiger partial charge >= 0.3 is 0 Å². The van der Waals surface area contributed by atoms with Crippen LogP contribution in [0.25, 0.3) is 11.1 Å². The van der Waals surface area contributed by atoms with Crippen LogP contribution in [-0.4, -0.2) is 74.0 Å². The second-order valence-electron chi connectivity index (χ2n) is 9.87. The lowest BCUT2D eigenvalue weighted by atomic mass is 9.82. The van der Waals surface area contributed by atoms with Crippen LogP contribution in [0.4, 0.5) is 16.0 Å². The Balaban J connectivity index is 1.41. The Morgan fingerprint density at radius 1 is 1.30 bits per heavy atom. The number of aryl methyl sites for hydroxylation is 1. The van der Waals surface area contributed by atoms with E-state index in [0.717, 1.165) is 16.7 Å². The first-order valence-electron chi connectivity index (χ1n) is 12.5. The minimum atomic E-state index is -1.05. The summed E-state index contributed by atoms with van der Waals surface area (Å²) in [6, 6.07) is 8.11. The van der Waals surface area contributed by atoms with Gasteiger partial charge in [0, 0.05) is 50.9 Å². The smallest absolute Gasteiger partial charge is 0.231 e. The van der Waals surface area contributed by atoms with Gasteiger partial charge in [-0.15, -0.1) is 0 Å². The number of hydrogen-bond acceptors (Lipinski definition) is 8. The molecule has 4 N–H and O–H groups in total. The van der Waals surface area contributed by atoms with E-state index in [1.165, 1.54) is 6.33 Å². The van der Waals surface area contributed by atoms with Crippen LogP contribution < -0.4 is 16.0 Å². The molecule has 11 heteroatoms. The summed E-state index contributed by atoms with van der Waals surface area (Å²) in [4.78, 5) is 23.3. The molecule has 0 bridgehead atoms. The lowest BCUT2D eigenvalue weighted by Gasteiger charge is -2.42. The number of piperidine rings is 1. The Labute approximate surface area is 216 Å². The third-order valence-electron chi connectivity index (χ3n) is 6.93. The SMILES string of the molecule is CCN(Cc1ccc(-c2cnn(C)c2)cc1)c1ncnc(NC[C@@H]2CCN(CC(N)=O)C[C@]2(C)O)c1F. The fourth-order valence-corrected chi connectivity index (χ4v) is 4.84. The summed E-state index contributed by atoms with van der Waals surface area (Å²) in [6.07, 6.45) is 5.77. The highest BCUT2D eigenvalue weighted by Gasteiger charge is 2.38. The quantitative estimate of drug-likeness (QED) is 0.378. The standard InChI is InChI=1S/C26H35FN8O2/c1-4-35(13-18-5-7-19(8-6-18)20-11-32-33(3)14-20)25-23(27)24(30-17-31-25)29-12-21-9-10-34(15-22(28)36)16-26(21,2)37/h5-8,11,14,17,21,37H,4,9-10,12-13,15-16H2,1-3H3,(H2,28,36)(H,29,30,31)/t21-,26-/m0/s1. The molecule has 0 radical (unpaired) electrons. The molecule has 1 aliphatic rings. The Kier molecular flexibility index (Phi) is 8.03. The zero-order valence-corrected chi connectivity index (χ0v) is 21.6. The van der Waals surface area contributed by atoms with Crippen molar-refractivity contribution in [2.75, 3.05) is 42.9 Å². The van der Waals surface area contributed by atoms with Crippen LogP contribution in [0.5, 0.6) is 0 Å². The molecule has 2 aromatic heterocycles. The second kappa shape index (κ2) is 11.2. The van der Waals surface area contributed by atoms with E-state index >= 15 is 4.39 Å². The summed E-state index contributed by atoms with van der Waals surface area (Å²) in [5, 5.41) is 18.2. The van der Waals surface area contributed by atoms with Gasteiger partial charge in [0.2, 0.25) is 11.7 Å². The van der Waals surface area contributed by atoms with Gasteiger partial charge in [-0.25, -0.2) is 9.97 Å². The molecule has 1 aromatic carbocycles. The molecule has 2 atom stereocenters. The summed E-state index contributed by atoms with van der Waals surface area (Å²) in [7, 11) is 1.88. The van der Waals surface area contributed by atoms with E-state index in [-0.39, 0.29) is 24.1 Å². The first-order chi connectivity index (χ1) is 17.7.